The fourth-order valence-corrected chi connectivity index (χ4v) is 2.14. The second kappa shape index (κ2) is 11.5. The van der Waals surface area contributed by atoms with Crippen LogP contribution in [0.15, 0.2) is 85.4 Å². The van der Waals surface area contributed by atoms with E-state index in [9.17, 15) is 9.18 Å². The molecule has 1 nitrogen and oxygen atoms in total. The summed E-state index contributed by atoms with van der Waals surface area (Å²) in [5.74, 6) is -0.0782. The van der Waals surface area contributed by atoms with Gasteiger partial charge in [0.15, 0.2) is 5.78 Å². The third-order valence-corrected chi connectivity index (χ3v) is 3.55. The Labute approximate surface area is 155 Å². The van der Waals surface area contributed by atoms with Crippen LogP contribution in [0, 0.1) is 19.7 Å². The quantitative estimate of drug-likeness (QED) is 0.473. The van der Waals surface area contributed by atoms with Gasteiger partial charge in [0.25, 0.3) is 0 Å². The zero-order valence-electron chi connectivity index (χ0n) is 15.6. The molecule has 0 radical (unpaired) electrons. The molecule has 0 fully saturated rings. The van der Waals surface area contributed by atoms with Crippen molar-refractivity contribution in [1.82, 2.24) is 0 Å². The molecule has 0 bridgehead atoms. The molecule has 0 aliphatic rings. The summed E-state index contributed by atoms with van der Waals surface area (Å²) in [5, 5.41) is 0. The third-order valence-electron chi connectivity index (χ3n) is 3.55. The summed E-state index contributed by atoms with van der Waals surface area (Å²) < 4.78 is 12.3. The van der Waals surface area contributed by atoms with Gasteiger partial charge in [0.2, 0.25) is 0 Å². The topological polar surface area (TPSA) is 17.1 Å². The monoisotopic (exact) mass is 348 g/mol. The lowest BCUT2D eigenvalue weighted by Crippen LogP contribution is -1.93. The molecule has 0 aromatic heterocycles. The van der Waals surface area contributed by atoms with Crippen molar-refractivity contribution in [3.63, 3.8) is 0 Å². The molecule has 0 saturated carbocycles. The summed E-state index contributed by atoms with van der Waals surface area (Å²) >= 11 is 0. The first-order chi connectivity index (χ1) is 12.4. The number of Topliss-reactive ketones (excluding diaryl/α,β-unsaturated/α-hetero) is 1. The van der Waals surface area contributed by atoms with Gasteiger partial charge in [-0.25, -0.2) is 4.39 Å². The second-order valence-electron chi connectivity index (χ2n) is 5.78. The maximum Gasteiger partial charge on any atom is 0.160 e. The smallest absolute Gasteiger partial charge is 0.160 e. The minimum Gasteiger partial charge on any atom is -0.295 e. The summed E-state index contributed by atoms with van der Waals surface area (Å²) in [7, 11) is 0. The zero-order valence-corrected chi connectivity index (χ0v) is 15.6. The van der Waals surface area contributed by atoms with Crippen LogP contribution >= 0.6 is 0 Å². The first kappa shape index (κ1) is 21.0. The lowest BCUT2D eigenvalue weighted by Gasteiger charge is -1.97. The highest BCUT2D eigenvalue weighted by Crippen LogP contribution is 2.06. The van der Waals surface area contributed by atoms with Gasteiger partial charge in [0.1, 0.15) is 5.82 Å². The highest BCUT2D eigenvalue weighted by Gasteiger charge is 1.99. The summed E-state index contributed by atoms with van der Waals surface area (Å²) in [4.78, 5) is 10.9. The van der Waals surface area contributed by atoms with E-state index in [-0.39, 0.29) is 11.6 Å². The lowest BCUT2D eigenvalue weighted by molar-refractivity contribution is 0.101. The summed E-state index contributed by atoms with van der Waals surface area (Å²) in [5.41, 5.74) is 4.01. The van der Waals surface area contributed by atoms with Crippen LogP contribution in [0.2, 0.25) is 0 Å². The Morgan fingerprint density at radius 3 is 1.88 bits per heavy atom. The Morgan fingerprint density at radius 1 is 0.885 bits per heavy atom. The van der Waals surface area contributed by atoms with Crippen molar-refractivity contribution in [3.8, 4) is 0 Å². The molecule has 3 aromatic carbocycles. The van der Waals surface area contributed by atoms with Gasteiger partial charge in [0, 0.05) is 5.56 Å². The molecule has 0 unspecified atom stereocenters. The fraction of sp³-hybridized carbons (Fsp3) is 0.125. The first-order valence-electron chi connectivity index (χ1n) is 8.40. The second-order valence-corrected chi connectivity index (χ2v) is 5.78. The van der Waals surface area contributed by atoms with E-state index < -0.39 is 0 Å². The lowest BCUT2D eigenvalue weighted by atomic mass is 10.1. The molecule has 0 amide bonds. The number of aryl methyl sites for hydroxylation is 2. The van der Waals surface area contributed by atoms with Gasteiger partial charge in [0.05, 0.1) is 0 Å². The van der Waals surface area contributed by atoms with Crippen LogP contribution in [-0.2, 0) is 0 Å². The van der Waals surface area contributed by atoms with Crippen molar-refractivity contribution in [3.05, 3.63) is 114 Å². The molecule has 0 aliphatic carbocycles. The zero-order chi connectivity index (χ0) is 19.4. The van der Waals surface area contributed by atoms with Crippen LogP contribution in [0.25, 0.3) is 6.08 Å². The number of carbonyl (C=O) groups excluding carboxylic acids is 1. The Bertz CT molecular complexity index is 822. The van der Waals surface area contributed by atoms with Crippen LogP contribution in [0.5, 0.6) is 0 Å². The number of ketones is 1. The molecule has 26 heavy (non-hydrogen) atoms. The van der Waals surface area contributed by atoms with Gasteiger partial charge < -0.3 is 0 Å². The molecule has 3 rings (SSSR count). The summed E-state index contributed by atoms with van der Waals surface area (Å²) in [6.45, 7) is 9.12. The van der Waals surface area contributed by atoms with Gasteiger partial charge in [-0.3, -0.25) is 4.79 Å². The number of hydrogen-bond acceptors (Lipinski definition) is 1. The standard InChI is InChI=1S/C9H10O.C8H7F.C7H8/c1-7-5-3-4-6-9(7)8(2)10;1-2-7-4-3-5-8(9)6-7;1-7-5-3-2-4-6-7/h3-6H,1-2H3;2-6H,1H2;2-6H,1H3. The number of rotatable bonds is 2. The Hall–Kier alpha value is -3.00. The van der Waals surface area contributed by atoms with Gasteiger partial charge >= 0.3 is 0 Å². The van der Waals surface area contributed by atoms with Crippen molar-refractivity contribution in [2.24, 2.45) is 0 Å². The molecule has 3 aromatic rings. The van der Waals surface area contributed by atoms with E-state index in [0.717, 1.165) is 16.7 Å². The van der Waals surface area contributed by atoms with Crippen molar-refractivity contribution in [2.75, 3.05) is 0 Å². The fourth-order valence-electron chi connectivity index (χ4n) is 2.14. The molecule has 0 saturated heterocycles. The number of hydrogen-bond donors (Lipinski definition) is 0. The average Bonchev–Trinajstić information content (AvgIpc) is 2.63. The molecule has 2 heteroatoms. The van der Waals surface area contributed by atoms with E-state index in [0.29, 0.717) is 0 Å². The minimum atomic E-state index is -0.215. The predicted octanol–water partition coefficient (Wildman–Crippen LogP) is 6.66. The minimum absolute atomic E-state index is 0.137. The van der Waals surface area contributed by atoms with Crippen LogP contribution in [0.3, 0.4) is 0 Å². The molecule has 0 atom stereocenters. The summed E-state index contributed by atoms with van der Waals surface area (Å²) in [6.07, 6.45) is 1.61. The molecule has 0 spiro atoms. The van der Waals surface area contributed by atoms with E-state index >= 15 is 0 Å². The van der Waals surface area contributed by atoms with E-state index in [4.69, 9.17) is 0 Å². The van der Waals surface area contributed by atoms with E-state index in [1.54, 1.807) is 25.1 Å². The van der Waals surface area contributed by atoms with Crippen LogP contribution in [0.1, 0.15) is 34.0 Å². The molecule has 134 valence electrons. The highest BCUT2D eigenvalue weighted by atomic mass is 19.1. The largest absolute Gasteiger partial charge is 0.295 e. The molecule has 0 aliphatic heterocycles. The maximum absolute atomic E-state index is 12.3. The SMILES string of the molecule is C=Cc1cccc(F)c1.CC(=O)c1ccccc1C.Cc1ccccc1. The van der Waals surface area contributed by atoms with Crippen molar-refractivity contribution >= 4 is 11.9 Å². The van der Waals surface area contributed by atoms with Crippen molar-refractivity contribution < 1.29 is 9.18 Å². The predicted molar refractivity (Wildman–Crippen MR) is 109 cm³/mol. The van der Waals surface area contributed by atoms with Crippen LogP contribution in [-0.4, -0.2) is 5.78 Å². The average molecular weight is 348 g/mol. The van der Waals surface area contributed by atoms with Crippen molar-refractivity contribution in [2.45, 2.75) is 20.8 Å². The first-order valence-corrected chi connectivity index (χ1v) is 8.40. The van der Waals surface area contributed by atoms with E-state index in [1.807, 2.05) is 49.4 Å². The normalized spacial score (nSPS) is 9.08. The van der Waals surface area contributed by atoms with Gasteiger partial charge in [-0.1, -0.05) is 84.9 Å². The third kappa shape index (κ3) is 8.20. The number of halogens is 1. The number of benzene rings is 3. The molecular weight excluding hydrogens is 323 g/mol. The van der Waals surface area contributed by atoms with Gasteiger partial charge in [-0.05, 0) is 44.0 Å². The summed E-state index contributed by atoms with van der Waals surface area (Å²) in [6, 6.07) is 24.2. The van der Waals surface area contributed by atoms with Gasteiger partial charge in [-0.2, -0.15) is 0 Å². The molecule has 0 N–H and O–H groups in total. The Morgan fingerprint density at radius 2 is 1.50 bits per heavy atom. The van der Waals surface area contributed by atoms with E-state index in [2.05, 4.69) is 25.6 Å². The van der Waals surface area contributed by atoms with Crippen molar-refractivity contribution in [1.29, 1.82) is 0 Å². The number of carbonyl (C=O) groups is 1. The maximum atomic E-state index is 12.3. The molecule has 0 heterocycles. The van der Waals surface area contributed by atoms with Gasteiger partial charge in [-0.15, -0.1) is 0 Å². The highest BCUT2D eigenvalue weighted by molar-refractivity contribution is 5.95. The van der Waals surface area contributed by atoms with E-state index in [1.165, 1.54) is 17.7 Å². The van der Waals surface area contributed by atoms with Crippen LogP contribution < -0.4 is 0 Å². The molecular formula is C24H25FO. The Balaban J connectivity index is 0.000000198. The Kier molecular flexibility index (Phi) is 9.34. The van der Waals surface area contributed by atoms with Crippen LogP contribution in [0.4, 0.5) is 4.39 Å².